The number of rotatable bonds is 2. The highest BCUT2D eigenvalue weighted by Gasteiger charge is 2.22. The van der Waals surface area contributed by atoms with Crippen LogP contribution in [-0.4, -0.2) is 13.2 Å². The summed E-state index contributed by atoms with van der Waals surface area (Å²) in [5.41, 5.74) is 7.99. The van der Waals surface area contributed by atoms with Gasteiger partial charge < -0.3 is 19.6 Å². The zero-order valence-electron chi connectivity index (χ0n) is 10.5. The lowest BCUT2D eigenvalue weighted by atomic mass is 10.0. The van der Waals surface area contributed by atoms with Crippen molar-refractivity contribution in [1.82, 2.24) is 0 Å². The van der Waals surface area contributed by atoms with Gasteiger partial charge in [-0.1, -0.05) is 11.6 Å². The second-order valence-corrected chi connectivity index (χ2v) is 4.87. The van der Waals surface area contributed by atoms with Crippen molar-refractivity contribution in [2.24, 2.45) is 5.73 Å². The van der Waals surface area contributed by atoms with Crippen molar-refractivity contribution in [2.75, 3.05) is 13.2 Å². The van der Waals surface area contributed by atoms with Gasteiger partial charge in [0.05, 0.1) is 12.3 Å². The Kier molecular flexibility index (Phi) is 3.12. The van der Waals surface area contributed by atoms with E-state index in [0.717, 1.165) is 11.1 Å². The molecule has 19 heavy (non-hydrogen) atoms. The fraction of sp³-hybridized carbons (Fsp3) is 0.286. The number of nitrogens with two attached hydrogens (primary N) is 1. The molecule has 1 aliphatic rings. The Morgan fingerprint density at radius 3 is 2.53 bits per heavy atom. The maximum Gasteiger partial charge on any atom is 0.162 e. The summed E-state index contributed by atoms with van der Waals surface area (Å²) in [6, 6.07) is 5.02. The van der Waals surface area contributed by atoms with Crippen LogP contribution in [0.5, 0.6) is 11.5 Å². The fourth-order valence-electron chi connectivity index (χ4n) is 2.16. The molecule has 0 fully saturated rings. The molecule has 0 bridgehead atoms. The van der Waals surface area contributed by atoms with Crippen LogP contribution in [0.25, 0.3) is 0 Å². The predicted molar refractivity (Wildman–Crippen MR) is 71.9 cm³/mol. The summed E-state index contributed by atoms with van der Waals surface area (Å²) >= 11 is 6.27. The molecule has 1 atom stereocenters. The van der Waals surface area contributed by atoms with E-state index >= 15 is 0 Å². The molecule has 2 aromatic rings. The maximum absolute atomic E-state index is 6.27. The molecule has 1 unspecified atom stereocenters. The molecule has 1 aliphatic heterocycles. The van der Waals surface area contributed by atoms with E-state index in [-0.39, 0.29) is 0 Å². The van der Waals surface area contributed by atoms with Gasteiger partial charge >= 0.3 is 0 Å². The number of aryl methyl sites for hydroxylation is 1. The van der Waals surface area contributed by atoms with Gasteiger partial charge in [-0.3, -0.25) is 0 Å². The largest absolute Gasteiger partial charge is 0.486 e. The molecule has 3 rings (SSSR count). The summed E-state index contributed by atoms with van der Waals surface area (Å²) < 4.78 is 16.5. The standard InChI is InChI=1S/C14H14ClNO3/c1-8-2-3-19-14(8)13(16)9-6-11-12(7-10(9)15)18-5-4-17-11/h2-3,6-7,13H,4-5,16H2,1H3. The molecule has 0 spiro atoms. The number of hydrogen-bond donors (Lipinski definition) is 1. The highest BCUT2D eigenvalue weighted by Crippen LogP contribution is 2.39. The second kappa shape index (κ2) is 4.79. The molecule has 0 aliphatic carbocycles. The zero-order chi connectivity index (χ0) is 13.4. The van der Waals surface area contributed by atoms with E-state index in [1.807, 2.05) is 19.1 Å². The normalized spacial score (nSPS) is 15.3. The smallest absolute Gasteiger partial charge is 0.162 e. The Morgan fingerprint density at radius 2 is 1.89 bits per heavy atom. The van der Waals surface area contributed by atoms with E-state index in [4.69, 9.17) is 31.2 Å². The van der Waals surface area contributed by atoms with Crippen LogP contribution >= 0.6 is 11.6 Å². The molecular formula is C14H14ClNO3. The van der Waals surface area contributed by atoms with Crippen molar-refractivity contribution in [3.05, 3.63) is 46.4 Å². The Bertz CT molecular complexity index is 609. The van der Waals surface area contributed by atoms with Crippen molar-refractivity contribution >= 4 is 11.6 Å². The van der Waals surface area contributed by atoms with Gasteiger partial charge in [0.15, 0.2) is 11.5 Å². The van der Waals surface area contributed by atoms with Gasteiger partial charge in [0.25, 0.3) is 0 Å². The van der Waals surface area contributed by atoms with Gasteiger partial charge in [-0.25, -0.2) is 0 Å². The number of furan rings is 1. The van der Waals surface area contributed by atoms with Crippen LogP contribution in [0.15, 0.2) is 28.9 Å². The first-order valence-electron chi connectivity index (χ1n) is 6.05. The third kappa shape index (κ3) is 2.17. The summed E-state index contributed by atoms with van der Waals surface area (Å²) in [5, 5.41) is 0.549. The summed E-state index contributed by atoms with van der Waals surface area (Å²) in [6.07, 6.45) is 1.62. The average molecular weight is 280 g/mol. The first-order valence-corrected chi connectivity index (χ1v) is 6.43. The van der Waals surface area contributed by atoms with E-state index in [9.17, 15) is 0 Å². The molecule has 1 aromatic heterocycles. The van der Waals surface area contributed by atoms with E-state index in [2.05, 4.69) is 0 Å². The van der Waals surface area contributed by atoms with Gasteiger partial charge in [0, 0.05) is 11.1 Å². The van der Waals surface area contributed by atoms with Crippen molar-refractivity contribution < 1.29 is 13.9 Å². The average Bonchev–Trinajstić information content (AvgIpc) is 2.83. The third-order valence-electron chi connectivity index (χ3n) is 3.18. The van der Waals surface area contributed by atoms with Crippen LogP contribution in [-0.2, 0) is 0 Å². The molecule has 2 N–H and O–H groups in total. The highest BCUT2D eigenvalue weighted by molar-refractivity contribution is 6.31. The number of ether oxygens (including phenoxy) is 2. The molecule has 100 valence electrons. The van der Waals surface area contributed by atoms with E-state index < -0.39 is 6.04 Å². The zero-order valence-corrected chi connectivity index (χ0v) is 11.2. The Morgan fingerprint density at radius 1 is 1.21 bits per heavy atom. The number of fused-ring (bicyclic) bond motifs is 1. The topological polar surface area (TPSA) is 57.6 Å². The summed E-state index contributed by atoms with van der Waals surface area (Å²) in [6.45, 7) is 3.01. The molecule has 0 radical (unpaired) electrons. The Balaban J connectivity index is 2.03. The van der Waals surface area contributed by atoms with Crippen molar-refractivity contribution in [3.8, 4) is 11.5 Å². The lowest BCUT2D eigenvalue weighted by Crippen LogP contribution is -2.17. The van der Waals surface area contributed by atoms with Crippen LogP contribution in [0.2, 0.25) is 5.02 Å². The van der Waals surface area contributed by atoms with Gasteiger partial charge in [0.2, 0.25) is 0 Å². The van der Waals surface area contributed by atoms with Crippen LogP contribution < -0.4 is 15.2 Å². The third-order valence-corrected chi connectivity index (χ3v) is 3.51. The lowest BCUT2D eigenvalue weighted by molar-refractivity contribution is 0.171. The SMILES string of the molecule is Cc1ccoc1C(N)c1cc2c(cc1Cl)OCCO2. The summed E-state index contributed by atoms with van der Waals surface area (Å²) in [4.78, 5) is 0. The van der Waals surface area contributed by atoms with Gasteiger partial charge in [-0.15, -0.1) is 0 Å². The van der Waals surface area contributed by atoms with E-state index in [0.29, 0.717) is 35.5 Å². The first kappa shape index (κ1) is 12.4. The van der Waals surface area contributed by atoms with Gasteiger partial charge in [0.1, 0.15) is 19.0 Å². The number of hydrogen-bond acceptors (Lipinski definition) is 4. The molecule has 5 heteroatoms. The van der Waals surface area contributed by atoms with Crippen LogP contribution in [0.3, 0.4) is 0 Å². The van der Waals surface area contributed by atoms with E-state index in [1.165, 1.54) is 0 Å². The van der Waals surface area contributed by atoms with Crippen LogP contribution in [0.1, 0.15) is 22.9 Å². The Hall–Kier alpha value is -1.65. The summed E-state index contributed by atoms with van der Waals surface area (Å²) in [5.74, 6) is 2.03. The van der Waals surface area contributed by atoms with Gasteiger partial charge in [-0.2, -0.15) is 0 Å². The minimum atomic E-state index is -0.418. The summed E-state index contributed by atoms with van der Waals surface area (Å²) in [7, 11) is 0. The quantitative estimate of drug-likeness (QED) is 0.918. The first-order chi connectivity index (χ1) is 9.16. The molecule has 4 nitrogen and oxygen atoms in total. The number of benzene rings is 1. The van der Waals surface area contributed by atoms with Gasteiger partial charge in [-0.05, 0) is 30.2 Å². The van der Waals surface area contributed by atoms with Crippen molar-refractivity contribution in [1.29, 1.82) is 0 Å². The molecule has 2 heterocycles. The highest BCUT2D eigenvalue weighted by atomic mass is 35.5. The van der Waals surface area contributed by atoms with E-state index in [1.54, 1.807) is 12.3 Å². The molecule has 1 aromatic carbocycles. The monoisotopic (exact) mass is 279 g/mol. The number of halogens is 1. The van der Waals surface area contributed by atoms with Crippen LogP contribution in [0, 0.1) is 6.92 Å². The minimum absolute atomic E-state index is 0.418. The molecule has 0 saturated carbocycles. The minimum Gasteiger partial charge on any atom is -0.486 e. The maximum atomic E-state index is 6.27. The molecule has 0 amide bonds. The van der Waals surface area contributed by atoms with Crippen LogP contribution in [0.4, 0.5) is 0 Å². The second-order valence-electron chi connectivity index (χ2n) is 4.46. The molecular weight excluding hydrogens is 266 g/mol. The predicted octanol–water partition coefficient (Wildman–Crippen LogP) is 3.06. The Labute approximate surface area is 116 Å². The van der Waals surface area contributed by atoms with Crippen molar-refractivity contribution in [3.63, 3.8) is 0 Å². The van der Waals surface area contributed by atoms with Crippen molar-refractivity contribution in [2.45, 2.75) is 13.0 Å². The lowest BCUT2D eigenvalue weighted by Gasteiger charge is -2.21. The fourth-order valence-corrected chi connectivity index (χ4v) is 2.43. The molecule has 0 saturated heterocycles.